The highest BCUT2D eigenvalue weighted by Gasteiger charge is 2.46. The third-order valence-corrected chi connectivity index (χ3v) is 3.96. The summed E-state index contributed by atoms with van der Waals surface area (Å²) in [7, 11) is 0. The maximum absolute atomic E-state index is 12.4. The quantitative estimate of drug-likeness (QED) is 0.746. The molecule has 1 fully saturated rings. The van der Waals surface area contributed by atoms with Gasteiger partial charge in [-0.15, -0.1) is 0 Å². The van der Waals surface area contributed by atoms with E-state index in [0.717, 1.165) is 12.8 Å². The molecule has 0 spiro atoms. The number of hydrogen-bond donors (Lipinski definition) is 0. The SMILES string of the molecule is N#CC1(C(=O)c2ccc3c(c2)CCCC3)COC1. The zero-order valence-corrected chi connectivity index (χ0v) is 10.2. The van der Waals surface area contributed by atoms with Crippen LogP contribution in [0, 0.1) is 16.7 Å². The second kappa shape index (κ2) is 4.22. The van der Waals surface area contributed by atoms with Crippen molar-refractivity contribution in [1.29, 1.82) is 5.26 Å². The monoisotopic (exact) mass is 241 g/mol. The molecule has 3 rings (SSSR count). The minimum absolute atomic E-state index is 0.0791. The molecule has 0 amide bonds. The van der Waals surface area contributed by atoms with Crippen molar-refractivity contribution in [2.45, 2.75) is 25.7 Å². The summed E-state index contributed by atoms with van der Waals surface area (Å²) >= 11 is 0. The summed E-state index contributed by atoms with van der Waals surface area (Å²) in [5.74, 6) is -0.0791. The van der Waals surface area contributed by atoms with Crippen LogP contribution in [0.1, 0.15) is 34.3 Å². The van der Waals surface area contributed by atoms with E-state index in [1.54, 1.807) is 0 Å². The molecular weight excluding hydrogens is 226 g/mol. The number of nitriles is 1. The van der Waals surface area contributed by atoms with E-state index >= 15 is 0 Å². The molecule has 0 saturated carbocycles. The van der Waals surface area contributed by atoms with Gasteiger partial charge in [0.25, 0.3) is 0 Å². The molecule has 18 heavy (non-hydrogen) atoms. The van der Waals surface area contributed by atoms with Crippen LogP contribution in [0.5, 0.6) is 0 Å². The average Bonchev–Trinajstić information content (AvgIpc) is 2.37. The van der Waals surface area contributed by atoms with Crippen molar-refractivity contribution in [3.63, 3.8) is 0 Å². The van der Waals surface area contributed by atoms with Crippen molar-refractivity contribution in [1.82, 2.24) is 0 Å². The molecule has 1 aromatic rings. The van der Waals surface area contributed by atoms with Gasteiger partial charge in [-0.3, -0.25) is 4.79 Å². The molecule has 0 unspecified atom stereocenters. The van der Waals surface area contributed by atoms with Gasteiger partial charge in [0.15, 0.2) is 11.2 Å². The Bertz CT molecular complexity index is 538. The number of ketones is 1. The van der Waals surface area contributed by atoms with Gasteiger partial charge in [0.05, 0.1) is 19.3 Å². The average molecular weight is 241 g/mol. The number of benzene rings is 1. The molecule has 1 aliphatic heterocycles. The van der Waals surface area contributed by atoms with Crippen LogP contribution in [0.15, 0.2) is 18.2 Å². The van der Waals surface area contributed by atoms with Crippen molar-refractivity contribution in [3.8, 4) is 6.07 Å². The van der Waals surface area contributed by atoms with Crippen LogP contribution in [0.2, 0.25) is 0 Å². The van der Waals surface area contributed by atoms with E-state index in [2.05, 4.69) is 6.07 Å². The second-order valence-electron chi connectivity index (χ2n) is 5.21. The van der Waals surface area contributed by atoms with Gasteiger partial charge in [-0.1, -0.05) is 12.1 Å². The number of aryl methyl sites for hydroxylation is 2. The van der Waals surface area contributed by atoms with Crippen LogP contribution in [0.3, 0.4) is 0 Å². The summed E-state index contributed by atoms with van der Waals surface area (Å²) in [6, 6.07) is 8.01. The molecule has 0 N–H and O–H groups in total. The maximum atomic E-state index is 12.4. The molecule has 2 aliphatic rings. The van der Waals surface area contributed by atoms with Crippen molar-refractivity contribution < 1.29 is 9.53 Å². The molecule has 0 bridgehead atoms. The highest BCUT2D eigenvalue weighted by Crippen LogP contribution is 2.32. The van der Waals surface area contributed by atoms with Gasteiger partial charge < -0.3 is 4.74 Å². The van der Waals surface area contributed by atoms with Crippen LogP contribution in [-0.2, 0) is 17.6 Å². The predicted octanol–water partition coefficient (Wildman–Crippen LogP) is 2.29. The van der Waals surface area contributed by atoms with Crippen molar-refractivity contribution in [2.75, 3.05) is 13.2 Å². The summed E-state index contributed by atoms with van der Waals surface area (Å²) in [4.78, 5) is 12.4. The Morgan fingerprint density at radius 2 is 1.94 bits per heavy atom. The predicted molar refractivity (Wildman–Crippen MR) is 66.3 cm³/mol. The molecule has 1 aromatic carbocycles. The summed E-state index contributed by atoms with van der Waals surface area (Å²) in [6.07, 6.45) is 4.58. The first-order valence-electron chi connectivity index (χ1n) is 6.41. The second-order valence-corrected chi connectivity index (χ2v) is 5.21. The van der Waals surface area contributed by atoms with Crippen molar-refractivity contribution in [3.05, 3.63) is 34.9 Å². The fraction of sp³-hybridized carbons (Fsp3) is 0.467. The van der Waals surface area contributed by atoms with Crippen LogP contribution >= 0.6 is 0 Å². The summed E-state index contributed by atoms with van der Waals surface area (Å²) in [5.41, 5.74) is 2.37. The molecule has 1 heterocycles. The van der Waals surface area contributed by atoms with Gasteiger partial charge in [0, 0.05) is 5.56 Å². The molecule has 1 saturated heterocycles. The molecule has 0 atom stereocenters. The van der Waals surface area contributed by atoms with E-state index in [1.807, 2.05) is 18.2 Å². The number of carbonyl (C=O) groups excluding carboxylic acids is 1. The number of rotatable bonds is 2. The van der Waals surface area contributed by atoms with Gasteiger partial charge in [0.2, 0.25) is 0 Å². The van der Waals surface area contributed by atoms with E-state index in [9.17, 15) is 4.79 Å². The van der Waals surface area contributed by atoms with Gasteiger partial charge in [0.1, 0.15) is 0 Å². The van der Waals surface area contributed by atoms with Crippen molar-refractivity contribution in [2.24, 2.45) is 5.41 Å². The van der Waals surface area contributed by atoms with Gasteiger partial charge in [-0.05, 0) is 42.9 Å². The Kier molecular flexibility index (Phi) is 2.68. The first-order valence-corrected chi connectivity index (χ1v) is 6.41. The van der Waals surface area contributed by atoms with Crippen LogP contribution in [-0.4, -0.2) is 19.0 Å². The Morgan fingerprint density at radius 1 is 1.22 bits per heavy atom. The van der Waals surface area contributed by atoms with Crippen molar-refractivity contribution >= 4 is 5.78 Å². The summed E-state index contributed by atoms with van der Waals surface area (Å²) < 4.78 is 5.04. The zero-order valence-electron chi connectivity index (χ0n) is 10.2. The van der Waals surface area contributed by atoms with Gasteiger partial charge >= 0.3 is 0 Å². The fourth-order valence-electron chi connectivity index (χ4n) is 2.70. The lowest BCUT2D eigenvalue weighted by Gasteiger charge is -2.33. The van der Waals surface area contributed by atoms with Crippen LogP contribution in [0.25, 0.3) is 0 Å². The number of nitrogens with zero attached hydrogens (tertiary/aromatic N) is 1. The number of Topliss-reactive ketones (excluding diaryl/α,β-unsaturated/α-hetero) is 1. The normalized spacial score (nSPS) is 20.4. The van der Waals surface area contributed by atoms with Crippen LogP contribution < -0.4 is 0 Å². The number of fused-ring (bicyclic) bond motifs is 1. The molecule has 1 aliphatic carbocycles. The smallest absolute Gasteiger partial charge is 0.187 e. The van der Waals surface area contributed by atoms with Gasteiger partial charge in [-0.2, -0.15) is 5.26 Å². The van der Waals surface area contributed by atoms with E-state index < -0.39 is 5.41 Å². The summed E-state index contributed by atoms with van der Waals surface area (Å²) in [5, 5.41) is 9.16. The highest BCUT2D eigenvalue weighted by molar-refractivity contribution is 6.03. The molecular formula is C15H15NO2. The molecule has 3 heteroatoms. The third-order valence-electron chi connectivity index (χ3n) is 3.96. The third kappa shape index (κ3) is 1.65. The van der Waals surface area contributed by atoms with E-state index in [0.29, 0.717) is 5.56 Å². The Balaban J connectivity index is 1.93. The molecule has 92 valence electrons. The lowest BCUT2D eigenvalue weighted by atomic mass is 9.78. The maximum Gasteiger partial charge on any atom is 0.187 e. The standard InChI is InChI=1S/C15H15NO2/c16-8-15(9-18-10-15)14(17)13-6-5-11-3-1-2-4-12(11)7-13/h5-7H,1-4,9-10H2. The van der Waals surface area contributed by atoms with E-state index in [1.165, 1.54) is 24.0 Å². The summed E-state index contributed by atoms with van der Waals surface area (Å²) in [6.45, 7) is 0.471. The molecule has 0 radical (unpaired) electrons. The fourth-order valence-corrected chi connectivity index (χ4v) is 2.70. The first kappa shape index (κ1) is 11.4. The highest BCUT2D eigenvalue weighted by atomic mass is 16.5. The van der Waals surface area contributed by atoms with Gasteiger partial charge in [-0.25, -0.2) is 0 Å². The lowest BCUT2D eigenvalue weighted by Crippen LogP contribution is -2.47. The Morgan fingerprint density at radius 3 is 2.56 bits per heavy atom. The topological polar surface area (TPSA) is 50.1 Å². The molecule has 3 nitrogen and oxygen atoms in total. The minimum Gasteiger partial charge on any atom is -0.377 e. The van der Waals surface area contributed by atoms with E-state index in [4.69, 9.17) is 10.00 Å². The van der Waals surface area contributed by atoms with Crippen LogP contribution in [0.4, 0.5) is 0 Å². The first-order chi connectivity index (χ1) is 8.75. The number of hydrogen-bond acceptors (Lipinski definition) is 3. The van der Waals surface area contributed by atoms with E-state index in [-0.39, 0.29) is 19.0 Å². The zero-order chi connectivity index (χ0) is 12.6. The molecule has 0 aromatic heterocycles. The number of ether oxygens (including phenoxy) is 1. The number of carbonyl (C=O) groups is 1. The minimum atomic E-state index is -0.928. The Labute approximate surface area is 106 Å². The Hall–Kier alpha value is -1.66. The largest absolute Gasteiger partial charge is 0.377 e. The lowest BCUT2D eigenvalue weighted by molar-refractivity contribution is -0.0566.